The predicted molar refractivity (Wildman–Crippen MR) is 102 cm³/mol. The summed E-state index contributed by atoms with van der Waals surface area (Å²) in [4.78, 5) is 0. The Hall–Kier alpha value is -0.0800. The first kappa shape index (κ1) is 22.9. The zero-order chi connectivity index (χ0) is 17.2. The molecule has 0 N–H and O–H groups in total. The third-order valence-electron chi connectivity index (χ3n) is 4.64. The van der Waals surface area contributed by atoms with Gasteiger partial charge < -0.3 is 9.47 Å². The first-order valence-electron chi connectivity index (χ1n) is 10.3. The summed E-state index contributed by atoms with van der Waals surface area (Å²) in [6, 6.07) is 0. The van der Waals surface area contributed by atoms with Crippen LogP contribution in [0.25, 0.3) is 0 Å². The second-order valence-corrected chi connectivity index (χ2v) is 7.61. The van der Waals surface area contributed by atoms with Crippen LogP contribution in [-0.2, 0) is 9.47 Å². The minimum Gasteiger partial charge on any atom is -0.378 e. The summed E-state index contributed by atoms with van der Waals surface area (Å²) < 4.78 is 11.0. The van der Waals surface area contributed by atoms with E-state index in [9.17, 15) is 0 Å². The summed E-state index contributed by atoms with van der Waals surface area (Å²) in [6.45, 7) is 8.00. The number of ether oxygens (including phenoxy) is 2. The van der Waals surface area contributed by atoms with E-state index in [2.05, 4.69) is 20.8 Å². The molecule has 2 nitrogen and oxygen atoms in total. The Kier molecular flexibility index (Phi) is 16.7. The molecule has 0 saturated heterocycles. The average molecular weight is 329 g/mol. The molecule has 0 aliphatic carbocycles. The number of rotatable bonds is 18. The van der Waals surface area contributed by atoms with Crippen molar-refractivity contribution in [2.24, 2.45) is 0 Å². The van der Waals surface area contributed by atoms with Gasteiger partial charge in [-0.2, -0.15) is 0 Å². The van der Waals surface area contributed by atoms with Gasteiger partial charge in [0.1, 0.15) is 0 Å². The zero-order valence-corrected chi connectivity index (χ0v) is 16.6. The SMILES string of the molecule is CCCCCCCCCCCCCCCCOCC(C)(C)OC. The zero-order valence-electron chi connectivity index (χ0n) is 16.6. The van der Waals surface area contributed by atoms with Gasteiger partial charge in [0.05, 0.1) is 12.2 Å². The lowest BCUT2D eigenvalue weighted by Crippen LogP contribution is -2.29. The lowest BCUT2D eigenvalue weighted by Gasteiger charge is -2.22. The van der Waals surface area contributed by atoms with E-state index >= 15 is 0 Å². The molecule has 0 radical (unpaired) electrons. The maximum Gasteiger partial charge on any atom is 0.0855 e. The fourth-order valence-electron chi connectivity index (χ4n) is 2.78. The first-order valence-corrected chi connectivity index (χ1v) is 10.3. The second kappa shape index (κ2) is 16.8. The van der Waals surface area contributed by atoms with Gasteiger partial charge in [0.25, 0.3) is 0 Å². The van der Waals surface area contributed by atoms with Crippen LogP contribution in [-0.4, -0.2) is 25.9 Å². The topological polar surface area (TPSA) is 18.5 Å². The van der Waals surface area contributed by atoms with Crippen LogP contribution in [0.1, 0.15) is 111 Å². The molecule has 0 aromatic rings. The van der Waals surface area contributed by atoms with E-state index in [1.54, 1.807) is 7.11 Å². The molecule has 0 unspecified atom stereocenters. The molecule has 0 bridgehead atoms. The molecular weight excluding hydrogens is 284 g/mol. The molecule has 0 heterocycles. The van der Waals surface area contributed by atoms with Crippen LogP contribution >= 0.6 is 0 Å². The lowest BCUT2D eigenvalue weighted by molar-refractivity contribution is -0.0512. The number of hydrogen-bond acceptors (Lipinski definition) is 2. The highest BCUT2D eigenvalue weighted by molar-refractivity contribution is 4.65. The Morgan fingerprint density at radius 1 is 0.609 bits per heavy atom. The lowest BCUT2D eigenvalue weighted by atomic mass is 10.0. The van der Waals surface area contributed by atoms with Gasteiger partial charge in [-0.25, -0.2) is 0 Å². The molecule has 0 aliphatic rings. The smallest absolute Gasteiger partial charge is 0.0855 e. The van der Waals surface area contributed by atoms with Crippen LogP contribution in [0, 0.1) is 0 Å². The van der Waals surface area contributed by atoms with Crippen molar-refractivity contribution in [3.05, 3.63) is 0 Å². The Morgan fingerprint density at radius 3 is 1.39 bits per heavy atom. The quantitative estimate of drug-likeness (QED) is 0.254. The summed E-state index contributed by atoms with van der Waals surface area (Å²) in [5.41, 5.74) is -0.143. The van der Waals surface area contributed by atoms with Gasteiger partial charge in [0, 0.05) is 13.7 Å². The fourth-order valence-corrected chi connectivity index (χ4v) is 2.78. The van der Waals surface area contributed by atoms with Gasteiger partial charge >= 0.3 is 0 Å². The molecule has 0 atom stereocenters. The van der Waals surface area contributed by atoms with E-state index in [0.29, 0.717) is 6.61 Å². The Balaban J connectivity index is 3.05. The van der Waals surface area contributed by atoms with Crippen LogP contribution in [0.5, 0.6) is 0 Å². The fraction of sp³-hybridized carbons (Fsp3) is 1.00. The maximum atomic E-state index is 5.67. The molecule has 0 rings (SSSR count). The third kappa shape index (κ3) is 18.1. The summed E-state index contributed by atoms with van der Waals surface area (Å²) in [7, 11) is 1.75. The van der Waals surface area contributed by atoms with Gasteiger partial charge in [-0.15, -0.1) is 0 Å². The largest absolute Gasteiger partial charge is 0.378 e. The van der Waals surface area contributed by atoms with Crippen molar-refractivity contribution in [3.8, 4) is 0 Å². The van der Waals surface area contributed by atoms with Crippen molar-refractivity contribution in [3.63, 3.8) is 0 Å². The van der Waals surface area contributed by atoms with Crippen molar-refractivity contribution in [2.75, 3.05) is 20.3 Å². The van der Waals surface area contributed by atoms with E-state index in [0.717, 1.165) is 6.61 Å². The Morgan fingerprint density at radius 2 is 1.00 bits per heavy atom. The normalized spacial score (nSPS) is 12.0. The summed E-state index contributed by atoms with van der Waals surface area (Å²) in [5, 5.41) is 0. The number of hydrogen-bond donors (Lipinski definition) is 0. The van der Waals surface area contributed by atoms with Gasteiger partial charge in [-0.3, -0.25) is 0 Å². The third-order valence-corrected chi connectivity index (χ3v) is 4.64. The number of methoxy groups -OCH3 is 1. The van der Waals surface area contributed by atoms with Crippen LogP contribution in [0.15, 0.2) is 0 Å². The highest BCUT2D eigenvalue weighted by atomic mass is 16.5. The van der Waals surface area contributed by atoms with Gasteiger partial charge in [-0.1, -0.05) is 90.4 Å². The van der Waals surface area contributed by atoms with Gasteiger partial charge in [0.15, 0.2) is 0 Å². The second-order valence-electron chi connectivity index (χ2n) is 7.61. The minimum absolute atomic E-state index is 0.143. The summed E-state index contributed by atoms with van der Waals surface area (Å²) >= 11 is 0. The highest BCUT2D eigenvalue weighted by Crippen LogP contribution is 2.13. The molecule has 0 aliphatic heterocycles. The van der Waals surface area contributed by atoms with Crippen molar-refractivity contribution >= 4 is 0 Å². The Bertz CT molecular complexity index is 226. The van der Waals surface area contributed by atoms with Crippen molar-refractivity contribution < 1.29 is 9.47 Å². The van der Waals surface area contributed by atoms with E-state index in [1.165, 1.54) is 89.9 Å². The van der Waals surface area contributed by atoms with Crippen LogP contribution in [0.4, 0.5) is 0 Å². The molecule has 0 aromatic carbocycles. The average Bonchev–Trinajstić information content (AvgIpc) is 2.54. The molecule has 0 aromatic heterocycles. The molecule has 0 fully saturated rings. The number of unbranched alkanes of at least 4 members (excludes halogenated alkanes) is 13. The van der Waals surface area contributed by atoms with Crippen LogP contribution in [0.3, 0.4) is 0 Å². The molecular formula is C21H44O2. The predicted octanol–water partition coefficient (Wildman–Crippen LogP) is 6.91. The monoisotopic (exact) mass is 328 g/mol. The molecule has 0 spiro atoms. The van der Waals surface area contributed by atoms with E-state index in [-0.39, 0.29) is 5.60 Å². The van der Waals surface area contributed by atoms with Crippen LogP contribution < -0.4 is 0 Å². The van der Waals surface area contributed by atoms with Crippen LogP contribution in [0.2, 0.25) is 0 Å². The van der Waals surface area contributed by atoms with E-state index in [4.69, 9.17) is 9.47 Å². The Labute approximate surface area is 146 Å². The standard InChI is InChI=1S/C21H44O2/c1-5-6-7-8-9-10-11-12-13-14-15-16-17-18-19-23-20-21(2,3)22-4/h5-20H2,1-4H3. The maximum absolute atomic E-state index is 5.67. The molecule has 0 saturated carbocycles. The van der Waals surface area contributed by atoms with E-state index in [1.807, 2.05) is 0 Å². The molecule has 23 heavy (non-hydrogen) atoms. The molecule has 0 amide bonds. The van der Waals surface area contributed by atoms with Crippen molar-refractivity contribution in [1.29, 1.82) is 0 Å². The summed E-state index contributed by atoms with van der Waals surface area (Å²) in [5.74, 6) is 0. The first-order chi connectivity index (χ1) is 11.1. The molecule has 2 heteroatoms. The van der Waals surface area contributed by atoms with Crippen molar-refractivity contribution in [2.45, 2.75) is 116 Å². The van der Waals surface area contributed by atoms with Gasteiger partial charge in [0.2, 0.25) is 0 Å². The minimum atomic E-state index is -0.143. The van der Waals surface area contributed by atoms with Gasteiger partial charge in [-0.05, 0) is 20.3 Å². The highest BCUT2D eigenvalue weighted by Gasteiger charge is 2.15. The van der Waals surface area contributed by atoms with E-state index < -0.39 is 0 Å². The van der Waals surface area contributed by atoms with Crippen molar-refractivity contribution in [1.82, 2.24) is 0 Å². The molecule has 140 valence electrons. The summed E-state index contributed by atoms with van der Waals surface area (Å²) in [6.07, 6.45) is 19.6.